The molecule has 0 bridgehead atoms. The lowest BCUT2D eigenvalue weighted by Gasteiger charge is -2.32. The van der Waals surface area contributed by atoms with E-state index in [4.69, 9.17) is 4.52 Å². The SMILES string of the molecule is c1csc(CN[C@H]2CCCN(Cc3noc(C4CC4)n3)C2)c1. The smallest absolute Gasteiger partial charge is 0.229 e. The first-order valence-corrected chi connectivity index (χ1v) is 9.05. The molecule has 2 aliphatic rings. The van der Waals surface area contributed by atoms with Gasteiger partial charge in [0.05, 0.1) is 6.54 Å². The van der Waals surface area contributed by atoms with Crippen LogP contribution in [0.3, 0.4) is 0 Å². The highest BCUT2D eigenvalue weighted by Gasteiger charge is 2.30. The Morgan fingerprint density at radius 1 is 1.36 bits per heavy atom. The number of hydrogen-bond acceptors (Lipinski definition) is 6. The van der Waals surface area contributed by atoms with Crippen LogP contribution < -0.4 is 5.32 Å². The maximum absolute atomic E-state index is 5.35. The van der Waals surface area contributed by atoms with Gasteiger partial charge in [-0.1, -0.05) is 11.2 Å². The Balaban J connectivity index is 1.28. The summed E-state index contributed by atoms with van der Waals surface area (Å²) in [6.07, 6.45) is 4.90. The zero-order chi connectivity index (χ0) is 14.8. The average Bonchev–Trinajstić information content (AvgIpc) is 3.06. The van der Waals surface area contributed by atoms with Crippen molar-refractivity contribution >= 4 is 11.3 Å². The summed E-state index contributed by atoms with van der Waals surface area (Å²) in [5.41, 5.74) is 0. The van der Waals surface area contributed by atoms with Crippen LogP contribution in [0.15, 0.2) is 22.0 Å². The molecule has 1 saturated heterocycles. The van der Waals surface area contributed by atoms with Gasteiger partial charge < -0.3 is 9.84 Å². The summed E-state index contributed by atoms with van der Waals surface area (Å²) in [5, 5.41) is 9.95. The van der Waals surface area contributed by atoms with Gasteiger partial charge in [0, 0.05) is 29.9 Å². The molecule has 4 rings (SSSR count). The van der Waals surface area contributed by atoms with Gasteiger partial charge in [0.25, 0.3) is 0 Å². The number of rotatable bonds is 6. The molecule has 1 atom stereocenters. The maximum atomic E-state index is 5.35. The molecular weight excluding hydrogens is 296 g/mol. The van der Waals surface area contributed by atoms with E-state index in [0.29, 0.717) is 12.0 Å². The Labute approximate surface area is 134 Å². The molecule has 1 saturated carbocycles. The lowest BCUT2D eigenvalue weighted by atomic mass is 10.1. The van der Waals surface area contributed by atoms with Gasteiger partial charge in [-0.25, -0.2) is 0 Å². The van der Waals surface area contributed by atoms with E-state index < -0.39 is 0 Å². The fourth-order valence-corrected chi connectivity index (χ4v) is 3.71. The normalized spacial score (nSPS) is 23.0. The Kier molecular flexibility index (Phi) is 4.23. The van der Waals surface area contributed by atoms with Crippen molar-refractivity contribution in [1.29, 1.82) is 0 Å². The van der Waals surface area contributed by atoms with Gasteiger partial charge in [-0.3, -0.25) is 4.90 Å². The van der Waals surface area contributed by atoms with E-state index in [1.165, 1.54) is 30.6 Å². The van der Waals surface area contributed by atoms with Gasteiger partial charge in [-0.05, 0) is 43.7 Å². The first-order valence-electron chi connectivity index (χ1n) is 8.17. The molecule has 22 heavy (non-hydrogen) atoms. The second-order valence-corrected chi connectivity index (χ2v) is 7.39. The van der Waals surface area contributed by atoms with Gasteiger partial charge >= 0.3 is 0 Å². The van der Waals surface area contributed by atoms with Crippen molar-refractivity contribution in [2.24, 2.45) is 0 Å². The van der Waals surface area contributed by atoms with Crippen molar-refractivity contribution in [2.75, 3.05) is 13.1 Å². The molecule has 5 nitrogen and oxygen atoms in total. The number of nitrogens with one attached hydrogen (secondary N) is 1. The molecule has 0 aromatic carbocycles. The second kappa shape index (κ2) is 6.48. The third kappa shape index (κ3) is 3.56. The first-order chi connectivity index (χ1) is 10.9. The predicted octanol–water partition coefficient (Wildman–Crippen LogP) is 2.76. The lowest BCUT2D eigenvalue weighted by Crippen LogP contribution is -2.45. The van der Waals surface area contributed by atoms with Crippen LogP contribution in [-0.2, 0) is 13.1 Å². The monoisotopic (exact) mass is 318 g/mol. The highest BCUT2D eigenvalue weighted by Crippen LogP contribution is 2.38. The van der Waals surface area contributed by atoms with E-state index in [-0.39, 0.29) is 0 Å². The van der Waals surface area contributed by atoms with E-state index in [1.807, 2.05) is 11.3 Å². The lowest BCUT2D eigenvalue weighted by molar-refractivity contribution is 0.177. The number of hydrogen-bond donors (Lipinski definition) is 1. The van der Waals surface area contributed by atoms with Crippen LogP contribution >= 0.6 is 11.3 Å². The Bertz CT molecular complexity index is 593. The van der Waals surface area contributed by atoms with Crippen LogP contribution in [0, 0.1) is 0 Å². The van der Waals surface area contributed by atoms with Crippen LogP contribution in [-0.4, -0.2) is 34.2 Å². The molecule has 0 amide bonds. The van der Waals surface area contributed by atoms with Crippen molar-refractivity contribution in [3.63, 3.8) is 0 Å². The van der Waals surface area contributed by atoms with Crippen LogP contribution in [0.1, 0.15) is 48.2 Å². The molecular formula is C16H22N4OS. The van der Waals surface area contributed by atoms with E-state index in [1.54, 1.807) is 0 Å². The summed E-state index contributed by atoms with van der Waals surface area (Å²) in [5.74, 6) is 2.24. The minimum Gasteiger partial charge on any atom is -0.339 e. The largest absolute Gasteiger partial charge is 0.339 e. The summed E-state index contributed by atoms with van der Waals surface area (Å²) in [7, 11) is 0. The quantitative estimate of drug-likeness (QED) is 0.887. The van der Waals surface area contributed by atoms with Gasteiger partial charge in [0.15, 0.2) is 5.82 Å². The van der Waals surface area contributed by atoms with Crippen molar-refractivity contribution in [1.82, 2.24) is 20.4 Å². The minimum absolute atomic E-state index is 0.544. The van der Waals surface area contributed by atoms with Crippen molar-refractivity contribution in [3.05, 3.63) is 34.1 Å². The highest BCUT2D eigenvalue weighted by atomic mass is 32.1. The number of aromatic nitrogens is 2. The number of thiophene rings is 1. The Morgan fingerprint density at radius 3 is 3.14 bits per heavy atom. The third-order valence-electron chi connectivity index (χ3n) is 4.43. The first kappa shape index (κ1) is 14.4. The zero-order valence-electron chi connectivity index (χ0n) is 12.7. The second-order valence-electron chi connectivity index (χ2n) is 6.36. The Morgan fingerprint density at radius 2 is 2.32 bits per heavy atom. The molecule has 0 radical (unpaired) electrons. The summed E-state index contributed by atoms with van der Waals surface area (Å²) < 4.78 is 5.35. The fraction of sp³-hybridized carbons (Fsp3) is 0.625. The van der Waals surface area contributed by atoms with E-state index in [9.17, 15) is 0 Å². The van der Waals surface area contributed by atoms with E-state index in [2.05, 4.69) is 37.9 Å². The molecule has 0 unspecified atom stereocenters. The van der Waals surface area contributed by atoms with Crippen molar-refractivity contribution < 1.29 is 4.52 Å². The molecule has 0 spiro atoms. The topological polar surface area (TPSA) is 54.2 Å². The standard InChI is InChI=1S/C16H22N4OS/c1-3-13(17-9-14-4-2-8-22-14)10-20(7-1)11-15-18-16(21-19-15)12-5-6-12/h2,4,8,12-13,17H,1,3,5-7,9-11H2/t13-/m0/s1. The molecule has 2 fully saturated rings. The van der Waals surface area contributed by atoms with Crippen molar-refractivity contribution in [2.45, 2.75) is 50.7 Å². The van der Waals surface area contributed by atoms with E-state index >= 15 is 0 Å². The molecule has 2 aromatic heterocycles. The minimum atomic E-state index is 0.544. The van der Waals surface area contributed by atoms with Gasteiger partial charge in [-0.2, -0.15) is 4.98 Å². The molecule has 3 heterocycles. The number of nitrogens with zero attached hydrogens (tertiary/aromatic N) is 3. The summed E-state index contributed by atoms with van der Waals surface area (Å²) in [6, 6.07) is 4.87. The van der Waals surface area contributed by atoms with Gasteiger partial charge in [-0.15, -0.1) is 11.3 Å². The summed E-state index contributed by atoms with van der Waals surface area (Å²) in [6.45, 7) is 3.99. The van der Waals surface area contributed by atoms with Crippen molar-refractivity contribution in [3.8, 4) is 0 Å². The maximum Gasteiger partial charge on any atom is 0.229 e. The molecule has 118 valence electrons. The van der Waals surface area contributed by atoms with Crippen LogP contribution in [0.5, 0.6) is 0 Å². The van der Waals surface area contributed by atoms with Gasteiger partial charge in [0.1, 0.15) is 0 Å². The number of piperidine rings is 1. The van der Waals surface area contributed by atoms with Gasteiger partial charge in [0.2, 0.25) is 5.89 Å². The van der Waals surface area contributed by atoms with Crippen LogP contribution in [0.4, 0.5) is 0 Å². The van der Waals surface area contributed by atoms with Crippen LogP contribution in [0.2, 0.25) is 0 Å². The third-order valence-corrected chi connectivity index (χ3v) is 5.30. The van der Waals surface area contributed by atoms with Crippen LogP contribution in [0.25, 0.3) is 0 Å². The fourth-order valence-electron chi connectivity index (χ4n) is 3.05. The number of likely N-dealkylation sites (tertiary alicyclic amines) is 1. The predicted molar refractivity (Wildman–Crippen MR) is 85.7 cm³/mol. The highest BCUT2D eigenvalue weighted by molar-refractivity contribution is 7.09. The summed E-state index contributed by atoms with van der Waals surface area (Å²) >= 11 is 1.82. The average molecular weight is 318 g/mol. The molecule has 1 aliphatic heterocycles. The molecule has 6 heteroatoms. The Hall–Kier alpha value is -1.24. The van der Waals surface area contributed by atoms with E-state index in [0.717, 1.165) is 37.9 Å². The molecule has 1 aliphatic carbocycles. The zero-order valence-corrected chi connectivity index (χ0v) is 13.5. The molecule has 1 N–H and O–H groups in total. The summed E-state index contributed by atoms with van der Waals surface area (Å²) in [4.78, 5) is 8.39. The molecule has 2 aromatic rings.